The molecule has 0 radical (unpaired) electrons. The maximum absolute atomic E-state index is 13.4. The lowest BCUT2D eigenvalue weighted by Gasteiger charge is -2.50. The summed E-state index contributed by atoms with van der Waals surface area (Å²) in [5.74, 6) is -9.98. The van der Waals surface area contributed by atoms with Crippen molar-refractivity contribution in [2.75, 3.05) is 14.1 Å². The summed E-state index contributed by atoms with van der Waals surface area (Å²) in [6.45, 7) is 1.61. The quantitative estimate of drug-likeness (QED) is 0.233. The Balaban J connectivity index is 2.00. The summed E-state index contributed by atoms with van der Waals surface area (Å²) in [5, 5.41) is 55.1. The molecule has 1 amide bonds. The van der Waals surface area contributed by atoms with E-state index in [1.807, 2.05) is 0 Å². The van der Waals surface area contributed by atoms with Crippen LogP contribution in [-0.2, 0) is 9.59 Å². The third-order valence-corrected chi connectivity index (χ3v) is 7.17. The fraction of sp³-hybridized carbons (Fsp3) is 0.409. The summed E-state index contributed by atoms with van der Waals surface area (Å²) in [6.07, 6.45) is -1.45. The average molecular weight is 473 g/mol. The van der Waals surface area contributed by atoms with Gasteiger partial charge >= 0.3 is 5.69 Å². The minimum Gasteiger partial charge on any atom is -0.511 e. The van der Waals surface area contributed by atoms with Gasteiger partial charge in [-0.05, 0) is 25.6 Å². The number of phenols is 1. The Morgan fingerprint density at radius 2 is 1.76 bits per heavy atom. The van der Waals surface area contributed by atoms with Gasteiger partial charge in [-0.2, -0.15) is 0 Å². The highest BCUT2D eigenvalue weighted by Crippen LogP contribution is 2.54. The molecule has 1 aromatic carbocycles. The molecule has 0 fully saturated rings. The van der Waals surface area contributed by atoms with E-state index >= 15 is 0 Å². The number of amides is 1. The number of carbonyl (C=O) groups is 3. The van der Waals surface area contributed by atoms with Gasteiger partial charge in [-0.15, -0.1) is 0 Å². The Kier molecular flexibility index (Phi) is 5.25. The summed E-state index contributed by atoms with van der Waals surface area (Å²) in [6, 6.07) is 1.27. The van der Waals surface area contributed by atoms with Gasteiger partial charge < -0.3 is 26.2 Å². The van der Waals surface area contributed by atoms with E-state index in [0.29, 0.717) is 0 Å². The number of nitrogens with zero attached hydrogens (tertiary/aromatic N) is 2. The molecule has 1 aromatic rings. The normalized spacial score (nSPS) is 30.7. The third-order valence-electron chi connectivity index (χ3n) is 7.17. The smallest absolute Gasteiger partial charge is 0.311 e. The molecule has 12 nitrogen and oxygen atoms in total. The van der Waals surface area contributed by atoms with Gasteiger partial charge in [0.15, 0.2) is 11.6 Å². The van der Waals surface area contributed by atoms with Crippen LogP contribution in [0.4, 0.5) is 5.69 Å². The van der Waals surface area contributed by atoms with Crippen LogP contribution < -0.4 is 5.73 Å². The van der Waals surface area contributed by atoms with E-state index < -0.39 is 92.3 Å². The van der Waals surface area contributed by atoms with Crippen molar-refractivity contribution < 1.29 is 39.7 Å². The highest BCUT2D eigenvalue weighted by atomic mass is 16.6. The Morgan fingerprint density at radius 3 is 2.29 bits per heavy atom. The van der Waals surface area contributed by atoms with E-state index in [4.69, 9.17) is 5.73 Å². The molecule has 0 spiro atoms. The van der Waals surface area contributed by atoms with E-state index in [2.05, 4.69) is 0 Å². The van der Waals surface area contributed by atoms with Crippen molar-refractivity contribution in [1.29, 1.82) is 0 Å². The Morgan fingerprint density at radius 1 is 1.15 bits per heavy atom. The lowest BCUT2D eigenvalue weighted by Crippen LogP contribution is -2.59. The van der Waals surface area contributed by atoms with Gasteiger partial charge in [0.25, 0.3) is 5.91 Å². The second-order valence-electron chi connectivity index (χ2n) is 9.04. The molecule has 0 aromatic heterocycles. The number of hydrogen-bond acceptors (Lipinski definition) is 10. The summed E-state index contributed by atoms with van der Waals surface area (Å²) in [5.41, 5.74) is 3.31. The number of phenolic OH excluding ortho intramolecular Hbond substituents is 1. The summed E-state index contributed by atoms with van der Waals surface area (Å²) < 4.78 is 0. The van der Waals surface area contributed by atoms with E-state index in [0.717, 1.165) is 6.07 Å². The zero-order valence-corrected chi connectivity index (χ0v) is 18.4. The summed E-state index contributed by atoms with van der Waals surface area (Å²) in [7, 11) is 3.08. The predicted molar refractivity (Wildman–Crippen MR) is 115 cm³/mol. The molecule has 4 rings (SSSR count). The number of aromatic hydroxyl groups is 1. The van der Waals surface area contributed by atoms with Gasteiger partial charge in [-0.25, -0.2) is 0 Å². The molecule has 3 aliphatic rings. The molecule has 0 heterocycles. The van der Waals surface area contributed by atoms with Crippen LogP contribution in [-0.4, -0.2) is 74.0 Å². The van der Waals surface area contributed by atoms with Crippen LogP contribution in [0.2, 0.25) is 0 Å². The van der Waals surface area contributed by atoms with Crippen molar-refractivity contribution in [3.8, 4) is 5.75 Å². The zero-order chi connectivity index (χ0) is 25.4. The van der Waals surface area contributed by atoms with Crippen LogP contribution in [0.15, 0.2) is 34.8 Å². The molecule has 0 bridgehead atoms. The Labute approximate surface area is 192 Å². The average Bonchev–Trinajstić information content (AvgIpc) is 2.73. The molecule has 3 unspecified atom stereocenters. The van der Waals surface area contributed by atoms with E-state index in [1.54, 1.807) is 6.92 Å². The lowest BCUT2D eigenvalue weighted by molar-refractivity contribution is -0.385. The number of nitrogens with two attached hydrogens (primary N) is 1. The largest absolute Gasteiger partial charge is 0.511 e. The minimum atomic E-state index is -1.58. The Bertz CT molecular complexity index is 1230. The number of aliphatic hydroxyl groups excluding tert-OH is 3. The fourth-order valence-electron chi connectivity index (χ4n) is 5.75. The molecule has 0 saturated heterocycles. The van der Waals surface area contributed by atoms with Crippen LogP contribution in [0, 0.1) is 27.9 Å². The lowest BCUT2D eigenvalue weighted by atomic mass is 9.57. The SMILES string of the molecule is C[C@H]1c2ccc([N+](=O)[O-])c(O)c2C(=O)C2=C(O)C3C(=O)C(C(N)=O)=C(O)[C@@H](N(C)C)C3[C@@H](O)C21. The number of primary amides is 1. The standard InChI is InChI=1S/C22H23N3O9/c1-6-7-4-5-8(25(33)34)16(26)10(7)18(28)12-9(6)17(27)11-13(19(12)29)20(30)14(22(23)32)21(31)15(11)24(2)3/h4-6,9,11,13,15,17,26-27,29,31H,1-3H3,(H2,23,32)/t6-,9?,11?,13?,15-,17-/m0/s1. The van der Waals surface area contributed by atoms with Gasteiger partial charge in [0.05, 0.1) is 28.6 Å². The topological polar surface area (TPSA) is 205 Å². The zero-order valence-electron chi connectivity index (χ0n) is 18.4. The van der Waals surface area contributed by atoms with Crippen LogP contribution in [0.25, 0.3) is 0 Å². The number of hydrogen-bond donors (Lipinski definition) is 5. The monoisotopic (exact) mass is 473 g/mol. The molecule has 34 heavy (non-hydrogen) atoms. The molecule has 0 saturated carbocycles. The number of nitro benzene ring substituents is 1. The van der Waals surface area contributed by atoms with Crippen LogP contribution in [0.3, 0.4) is 0 Å². The second kappa shape index (κ2) is 7.64. The van der Waals surface area contributed by atoms with Crippen LogP contribution in [0.1, 0.15) is 28.8 Å². The number of rotatable bonds is 3. The van der Waals surface area contributed by atoms with E-state index in [9.17, 15) is 44.9 Å². The maximum Gasteiger partial charge on any atom is 0.311 e. The van der Waals surface area contributed by atoms with Gasteiger partial charge in [-0.3, -0.25) is 29.4 Å². The van der Waals surface area contributed by atoms with Crippen molar-refractivity contribution in [3.63, 3.8) is 0 Å². The first kappa shape index (κ1) is 23.4. The highest BCUT2D eigenvalue weighted by molar-refractivity contribution is 6.22. The number of fused-ring (bicyclic) bond motifs is 3. The van der Waals surface area contributed by atoms with Gasteiger partial charge in [0.1, 0.15) is 17.1 Å². The second-order valence-corrected chi connectivity index (χ2v) is 9.04. The number of benzene rings is 1. The predicted octanol–water partition coefficient (Wildman–Crippen LogP) is 0.446. The molecular formula is C22H23N3O9. The van der Waals surface area contributed by atoms with Crippen molar-refractivity contribution in [2.45, 2.75) is 25.0 Å². The maximum atomic E-state index is 13.4. The first-order valence-electron chi connectivity index (χ1n) is 10.4. The van der Waals surface area contributed by atoms with E-state index in [-0.39, 0.29) is 11.1 Å². The number of nitro groups is 1. The summed E-state index contributed by atoms with van der Waals surface area (Å²) >= 11 is 0. The number of allylic oxidation sites excluding steroid dienone is 1. The molecule has 6 N–H and O–H groups in total. The number of Topliss-reactive ketones (excluding diaryl/α,β-unsaturated/α-hetero) is 2. The summed E-state index contributed by atoms with van der Waals surface area (Å²) in [4.78, 5) is 50.4. The van der Waals surface area contributed by atoms with Gasteiger partial charge in [-0.1, -0.05) is 13.0 Å². The number of aliphatic hydroxyl groups is 3. The number of ketones is 2. The van der Waals surface area contributed by atoms with Crippen molar-refractivity contribution in [1.82, 2.24) is 4.90 Å². The third kappa shape index (κ3) is 2.88. The molecule has 6 atom stereocenters. The molecule has 12 heteroatoms. The van der Waals surface area contributed by atoms with Crippen LogP contribution >= 0.6 is 0 Å². The minimum absolute atomic E-state index is 0.230. The number of carbonyl (C=O) groups excluding carboxylic acids is 3. The molecular weight excluding hydrogens is 450 g/mol. The van der Waals surface area contributed by atoms with Gasteiger partial charge in [0.2, 0.25) is 5.75 Å². The fourth-order valence-corrected chi connectivity index (χ4v) is 5.75. The molecule has 180 valence electrons. The van der Waals surface area contributed by atoms with Crippen molar-refractivity contribution >= 4 is 23.2 Å². The van der Waals surface area contributed by atoms with Gasteiger partial charge in [0, 0.05) is 23.5 Å². The van der Waals surface area contributed by atoms with E-state index in [1.165, 1.54) is 25.1 Å². The number of likely N-dealkylation sites (N-methyl/N-ethyl adjacent to an activating group) is 1. The molecule has 3 aliphatic carbocycles. The van der Waals surface area contributed by atoms with Crippen LogP contribution in [0.5, 0.6) is 5.75 Å². The first-order chi connectivity index (χ1) is 15.8. The van der Waals surface area contributed by atoms with Crippen molar-refractivity contribution in [3.05, 3.63) is 56.0 Å². The Hall–Kier alpha value is -3.77. The molecule has 0 aliphatic heterocycles. The van der Waals surface area contributed by atoms with Crippen molar-refractivity contribution in [2.24, 2.45) is 23.5 Å². The first-order valence-corrected chi connectivity index (χ1v) is 10.4. The highest BCUT2D eigenvalue weighted by Gasteiger charge is 2.59.